The van der Waals surface area contributed by atoms with Crippen molar-refractivity contribution in [2.24, 2.45) is 0 Å². The van der Waals surface area contributed by atoms with Crippen molar-refractivity contribution in [3.8, 4) is 11.1 Å². The Kier molecular flexibility index (Phi) is 1.54. The van der Waals surface area contributed by atoms with Crippen molar-refractivity contribution in [1.82, 2.24) is 0 Å². The first-order valence-corrected chi connectivity index (χ1v) is 7.90. The summed E-state index contributed by atoms with van der Waals surface area (Å²) >= 11 is 0. The van der Waals surface area contributed by atoms with Gasteiger partial charge in [0.1, 0.15) is 0 Å². The fraction of sp³-hybridized carbons (Fsp3) is 0.300. The van der Waals surface area contributed by atoms with Crippen LogP contribution in [0.2, 0.25) is 0 Å². The van der Waals surface area contributed by atoms with Crippen molar-refractivity contribution in [2.45, 2.75) is 38.0 Å². The normalized spacial score (nSPS) is 22.8. The number of benzene rings is 2. The van der Waals surface area contributed by atoms with Gasteiger partial charge in [0.25, 0.3) is 0 Å². The van der Waals surface area contributed by atoms with E-state index < -0.39 is 0 Å². The molecule has 0 heteroatoms. The van der Waals surface area contributed by atoms with Crippen molar-refractivity contribution in [2.75, 3.05) is 0 Å². The summed E-state index contributed by atoms with van der Waals surface area (Å²) in [6.07, 6.45) is 8.69. The van der Waals surface area contributed by atoms with Crippen molar-refractivity contribution >= 4 is 0 Å². The van der Waals surface area contributed by atoms with E-state index in [0.29, 0.717) is 5.92 Å². The molecule has 0 amide bonds. The molecule has 1 unspecified atom stereocenters. The van der Waals surface area contributed by atoms with Crippen LogP contribution < -0.4 is 0 Å². The highest BCUT2D eigenvalue weighted by Gasteiger charge is 2.41. The second-order valence-corrected chi connectivity index (χ2v) is 6.76. The number of hydrogen-bond donors (Lipinski definition) is 0. The largest absolute Gasteiger partial charge is 0.0799 e. The smallest absolute Gasteiger partial charge is 0.0317 e. The van der Waals surface area contributed by atoms with Gasteiger partial charge in [0.15, 0.2) is 0 Å². The Balaban J connectivity index is 1.88. The number of hydrogen-bond acceptors (Lipinski definition) is 0. The quantitative estimate of drug-likeness (QED) is 0.616. The third-order valence-electron chi connectivity index (χ3n) is 5.97. The Morgan fingerprint density at radius 3 is 2.05 bits per heavy atom. The fourth-order valence-electron chi connectivity index (χ4n) is 5.15. The van der Waals surface area contributed by atoms with Crippen LogP contribution >= 0.6 is 0 Å². The monoisotopic (exact) mass is 256 g/mol. The van der Waals surface area contributed by atoms with E-state index in [-0.39, 0.29) is 0 Å². The van der Waals surface area contributed by atoms with Gasteiger partial charge in [0.2, 0.25) is 0 Å². The van der Waals surface area contributed by atoms with Crippen LogP contribution in [0.3, 0.4) is 0 Å². The highest BCUT2D eigenvalue weighted by Crippen LogP contribution is 2.58. The van der Waals surface area contributed by atoms with Gasteiger partial charge in [-0.25, -0.2) is 0 Å². The topological polar surface area (TPSA) is 0 Å². The van der Waals surface area contributed by atoms with Gasteiger partial charge in [0.05, 0.1) is 0 Å². The first kappa shape index (κ1) is 9.99. The zero-order valence-corrected chi connectivity index (χ0v) is 11.5. The summed E-state index contributed by atoms with van der Waals surface area (Å²) in [7, 11) is 0. The molecule has 0 radical (unpaired) electrons. The van der Waals surface area contributed by atoms with Gasteiger partial charge in [-0.1, -0.05) is 35.9 Å². The third-order valence-corrected chi connectivity index (χ3v) is 5.97. The lowest BCUT2D eigenvalue weighted by Gasteiger charge is -2.30. The van der Waals surface area contributed by atoms with Crippen LogP contribution in [-0.4, -0.2) is 0 Å². The van der Waals surface area contributed by atoms with E-state index in [1.54, 1.807) is 50.1 Å². The van der Waals surface area contributed by atoms with Crippen LogP contribution in [0.4, 0.5) is 0 Å². The van der Waals surface area contributed by atoms with Gasteiger partial charge in [-0.05, 0) is 76.6 Å². The molecule has 1 atom stereocenters. The molecule has 0 aliphatic heterocycles. The van der Waals surface area contributed by atoms with Gasteiger partial charge >= 0.3 is 0 Å². The van der Waals surface area contributed by atoms with Gasteiger partial charge in [-0.3, -0.25) is 0 Å². The van der Waals surface area contributed by atoms with Gasteiger partial charge in [-0.2, -0.15) is 0 Å². The predicted molar refractivity (Wildman–Crippen MR) is 81.2 cm³/mol. The molecular formula is C20H16. The minimum Gasteiger partial charge on any atom is -0.0799 e. The average molecular weight is 256 g/mol. The molecule has 0 saturated carbocycles. The average Bonchev–Trinajstić information content (AvgIpc) is 2.88. The molecule has 4 aliphatic carbocycles. The second kappa shape index (κ2) is 3.09. The summed E-state index contributed by atoms with van der Waals surface area (Å²) in [5.41, 5.74) is 14.8. The van der Waals surface area contributed by atoms with Crippen molar-refractivity contribution in [1.29, 1.82) is 0 Å². The zero-order valence-electron chi connectivity index (χ0n) is 11.5. The molecule has 0 N–H and O–H groups in total. The molecule has 0 fully saturated rings. The van der Waals surface area contributed by atoms with Gasteiger partial charge in [-0.15, -0.1) is 0 Å². The van der Waals surface area contributed by atoms with Crippen LogP contribution in [0.25, 0.3) is 11.1 Å². The molecule has 2 aromatic rings. The number of allylic oxidation sites excluding steroid dienone is 2. The summed E-state index contributed by atoms with van der Waals surface area (Å²) in [4.78, 5) is 0. The van der Waals surface area contributed by atoms with Crippen LogP contribution in [0.1, 0.15) is 45.7 Å². The SMILES string of the molecule is C1=C2CCc3ccc4c5c3C2c2c(ccc(c2-5)CC4)C1. The Labute approximate surface area is 119 Å². The van der Waals surface area contributed by atoms with Crippen LogP contribution in [0.5, 0.6) is 0 Å². The summed E-state index contributed by atoms with van der Waals surface area (Å²) in [6.45, 7) is 0. The van der Waals surface area contributed by atoms with E-state index in [4.69, 9.17) is 0 Å². The minimum atomic E-state index is 0.630. The summed E-state index contributed by atoms with van der Waals surface area (Å²) in [5, 5.41) is 0. The Morgan fingerprint density at radius 2 is 1.25 bits per heavy atom. The van der Waals surface area contributed by atoms with Gasteiger partial charge in [0, 0.05) is 5.92 Å². The molecule has 2 aromatic carbocycles. The lowest BCUT2D eigenvalue weighted by atomic mass is 9.74. The maximum absolute atomic E-state index is 2.53. The molecule has 0 nitrogen and oxygen atoms in total. The maximum atomic E-state index is 2.53. The van der Waals surface area contributed by atoms with E-state index in [1.165, 1.54) is 25.7 Å². The number of aryl methyl sites for hydroxylation is 3. The van der Waals surface area contributed by atoms with Crippen LogP contribution in [0, 0.1) is 0 Å². The Hall–Kier alpha value is -1.82. The van der Waals surface area contributed by atoms with E-state index in [9.17, 15) is 0 Å². The van der Waals surface area contributed by atoms with Crippen LogP contribution in [-0.2, 0) is 25.7 Å². The fourth-order valence-corrected chi connectivity index (χ4v) is 5.15. The molecule has 6 rings (SSSR count). The lowest BCUT2D eigenvalue weighted by molar-refractivity contribution is 0.755. The van der Waals surface area contributed by atoms with Crippen molar-refractivity contribution in [3.63, 3.8) is 0 Å². The first-order chi connectivity index (χ1) is 9.92. The van der Waals surface area contributed by atoms with E-state index >= 15 is 0 Å². The minimum absolute atomic E-state index is 0.630. The highest BCUT2D eigenvalue weighted by atomic mass is 14.4. The molecule has 96 valence electrons. The first-order valence-electron chi connectivity index (χ1n) is 7.90. The zero-order chi connectivity index (χ0) is 12.8. The van der Waals surface area contributed by atoms with E-state index in [2.05, 4.69) is 30.3 Å². The molecule has 0 bridgehead atoms. The molecule has 0 aromatic heterocycles. The maximum Gasteiger partial charge on any atom is 0.0317 e. The highest BCUT2D eigenvalue weighted by molar-refractivity contribution is 5.89. The molecule has 20 heavy (non-hydrogen) atoms. The Morgan fingerprint density at radius 1 is 0.650 bits per heavy atom. The number of rotatable bonds is 0. The summed E-state index contributed by atoms with van der Waals surface area (Å²) in [5.74, 6) is 0.630. The van der Waals surface area contributed by atoms with Gasteiger partial charge < -0.3 is 0 Å². The molecule has 0 saturated heterocycles. The molecule has 4 aliphatic rings. The molecular weight excluding hydrogens is 240 g/mol. The summed E-state index contributed by atoms with van der Waals surface area (Å²) in [6, 6.07) is 9.66. The van der Waals surface area contributed by atoms with Crippen LogP contribution in [0.15, 0.2) is 35.9 Å². The van der Waals surface area contributed by atoms with E-state index in [1.807, 2.05) is 0 Å². The van der Waals surface area contributed by atoms with Crippen molar-refractivity contribution < 1.29 is 0 Å². The summed E-state index contributed by atoms with van der Waals surface area (Å²) < 4.78 is 0. The predicted octanol–water partition coefficient (Wildman–Crippen LogP) is 4.33. The van der Waals surface area contributed by atoms with E-state index in [0.717, 1.165) is 6.42 Å². The molecule has 0 heterocycles. The third kappa shape index (κ3) is 0.934. The lowest BCUT2D eigenvalue weighted by Crippen LogP contribution is -2.15. The van der Waals surface area contributed by atoms with Crippen molar-refractivity contribution in [3.05, 3.63) is 69.3 Å². The standard InChI is InChI=1S/C20H16/c1-2-12-5-6-14-9-10-15-8-7-13-4-3-11(1)16-17(12)19(14)20(15)18(13)16/h1-2,4,9-10,18H,3,5-8H2. The Bertz CT molecular complexity index is 836. The molecule has 0 spiro atoms. The second-order valence-electron chi connectivity index (χ2n) is 6.76.